The summed E-state index contributed by atoms with van der Waals surface area (Å²) in [6.07, 6.45) is 2.97. The Kier molecular flexibility index (Phi) is 5.33. The molecule has 0 aromatic heterocycles. The van der Waals surface area contributed by atoms with Crippen molar-refractivity contribution in [3.8, 4) is 5.75 Å². The van der Waals surface area contributed by atoms with Gasteiger partial charge in [-0.2, -0.15) is 0 Å². The third kappa shape index (κ3) is 3.86. The van der Waals surface area contributed by atoms with Crippen LogP contribution in [0.2, 0.25) is 0 Å². The van der Waals surface area contributed by atoms with Gasteiger partial charge in [-0.3, -0.25) is 0 Å². The van der Waals surface area contributed by atoms with Crippen LogP contribution in [-0.4, -0.2) is 12.6 Å². The van der Waals surface area contributed by atoms with Crippen LogP contribution in [0.4, 0.5) is 0 Å². The molecule has 90 valence electrons. The average Bonchev–Trinajstić information content (AvgIpc) is 2.26. The van der Waals surface area contributed by atoms with Gasteiger partial charge in [-0.15, -0.1) is 0 Å². The zero-order valence-corrected chi connectivity index (χ0v) is 10.6. The highest BCUT2D eigenvalue weighted by molar-refractivity contribution is 5.38. The summed E-state index contributed by atoms with van der Waals surface area (Å²) in [5.74, 6) is 0.997. The van der Waals surface area contributed by atoms with Gasteiger partial charge >= 0.3 is 0 Å². The summed E-state index contributed by atoms with van der Waals surface area (Å²) in [6.45, 7) is 7.09. The SMILES string of the molecule is CCCOc1ccc(CC)cc1CC(C)N. The molecule has 0 bridgehead atoms. The zero-order valence-electron chi connectivity index (χ0n) is 10.6. The van der Waals surface area contributed by atoms with Crippen molar-refractivity contribution in [1.29, 1.82) is 0 Å². The van der Waals surface area contributed by atoms with E-state index in [0.717, 1.165) is 31.6 Å². The Hall–Kier alpha value is -1.02. The Morgan fingerprint density at radius 1 is 1.31 bits per heavy atom. The molecule has 0 fully saturated rings. The van der Waals surface area contributed by atoms with Gasteiger partial charge in [-0.25, -0.2) is 0 Å². The molecule has 1 atom stereocenters. The minimum atomic E-state index is 0.177. The monoisotopic (exact) mass is 221 g/mol. The molecule has 16 heavy (non-hydrogen) atoms. The lowest BCUT2D eigenvalue weighted by Crippen LogP contribution is -2.18. The zero-order chi connectivity index (χ0) is 12.0. The molecule has 2 heteroatoms. The Morgan fingerprint density at radius 2 is 2.06 bits per heavy atom. The number of hydrogen-bond donors (Lipinski definition) is 1. The first kappa shape index (κ1) is 13.0. The number of ether oxygens (including phenoxy) is 1. The molecular formula is C14H23NO. The van der Waals surface area contributed by atoms with E-state index < -0.39 is 0 Å². The largest absolute Gasteiger partial charge is 0.493 e. The summed E-state index contributed by atoms with van der Waals surface area (Å²) in [4.78, 5) is 0. The molecule has 0 radical (unpaired) electrons. The molecule has 0 amide bonds. The molecule has 0 aliphatic heterocycles. The Morgan fingerprint density at radius 3 is 2.62 bits per heavy atom. The second-order valence-electron chi connectivity index (χ2n) is 4.33. The quantitative estimate of drug-likeness (QED) is 0.801. The van der Waals surface area contributed by atoms with Crippen LogP contribution < -0.4 is 10.5 Å². The van der Waals surface area contributed by atoms with Crippen LogP contribution in [0.3, 0.4) is 0 Å². The van der Waals surface area contributed by atoms with Crippen LogP contribution in [0, 0.1) is 0 Å². The van der Waals surface area contributed by atoms with E-state index in [1.807, 2.05) is 6.92 Å². The third-order valence-corrected chi connectivity index (χ3v) is 2.54. The molecule has 0 aliphatic rings. The minimum Gasteiger partial charge on any atom is -0.493 e. The molecule has 0 heterocycles. The predicted molar refractivity (Wildman–Crippen MR) is 69.0 cm³/mol. The molecule has 0 spiro atoms. The highest BCUT2D eigenvalue weighted by atomic mass is 16.5. The fourth-order valence-corrected chi connectivity index (χ4v) is 1.71. The Labute approximate surface area is 98.8 Å². The summed E-state index contributed by atoms with van der Waals surface area (Å²) in [5, 5.41) is 0. The summed E-state index contributed by atoms with van der Waals surface area (Å²) in [5.41, 5.74) is 8.44. The summed E-state index contributed by atoms with van der Waals surface area (Å²) in [6, 6.07) is 6.60. The van der Waals surface area contributed by atoms with Gasteiger partial charge < -0.3 is 10.5 Å². The second-order valence-corrected chi connectivity index (χ2v) is 4.33. The van der Waals surface area contributed by atoms with E-state index in [9.17, 15) is 0 Å². The molecule has 1 aromatic rings. The van der Waals surface area contributed by atoms with Crippen LogP contribution in [0.25, 0.3) is 0 Å². The maximum Gasteiger partial charge on any atom is 0.122 e. The Bertz CT molecular complexity index is 321. The van der Waals surface area contributed by atoms with Gasteiger partial charge in [-0.1, -0.05) is 26.0 Å². The summed E-state index contributed by atoms with van der Waals surface area (Å²) >= 11 is 0. The maximum absolute atomic E-state index is 5.86. The van der Waals surface area contributed by atoms with Crippen molar-refractivity contribution >= 4 is 0 Å². The van der Waals surface area contributed by atoms with Gasteiger partial charge in [0.15, 0.2) is 0 Å². The fourth-order valence-electron chi connectivity index (χ4n) is 1.71. The lowest BCUT2D eigenvalue weighted by Gasteiger charge is -2.14. The van der Waals surface area contributed by atoms with E-state index >= 15 is 0 Å². The first-order valence-corrected chi connectivity index (χ1v) is 6.17. The highest BCUT2D eigenvalue weighted by Crippen LogP contribution is 2.22. The van der Waals surface area contributed by atoms with E-state index in [4.69, 9.17) is 10.5 Å². The minimum absolute atomic E-state index is 0.177. The third-order valence-electron chi connectivity index (χ3n) is 2.54. The van der Waals surface area contributed by atoms with Crippen LogP contribution in [0.15, 0.2) is 18.2 Å². The first-order valence-electron chi connectivity index (χ1n) is 6.17. The number of benzene rings is 1. The van der Waals surface area contributed by atoms with Crippen molar-refractivity contribution < 1.29 is 4.74 Å². The smallest absolute Gasteiger partial charge is 0.122 e. The van der Waals surface area contributed by atoms with Gasteiger partial charge in [0.1, 0.15) is 5.75 Å². The van der Waals surface area contributed by atoms with Gasteiger partial charge in [0.2, 0.25) is 0 Å². The number of rotatable bonds is 6. The topological polar surface area (TPSA) is 35.2 Å². The van der Waals surface area contributed by atoms with E-state index in [0.29, 0.717) is 0 Å². The van der Waals surface area contributed by atoms with Crippen LogP contribution >= 0.6 is 0 Å². The van der Waals surface area contributed by atoms with Crippen molar-refractivity contribution in [2.24, 2.45) is 5.73 Å². The van der Waals surface area contributed by atoms with Gasteiger partial charge in [-0.05, 0) is 43.4 Å². The predicted octanol–water partition coefficient (Wildman–Crippen LogP) is 2.93. The maximum atomic E-state index is 5.86. The molecule has 0 saturated heterocycles. The number of nitrogens with two attached hydrogens (primary N) is 1. The normalized spacial score (nSPS) is 12.5. The van der Waals surface area contributed by atoms with Crippen molar-refractivity contribution in [2.45, 2.75) is 46.1 Å². The summed E-state index contributed by atoms with van der Waals surface area (Å²) in [7, 11) is 0. The van der Waals surface area contributed by atoms with E-state index in [1.54, 1.807) is 0 Å². The second kappa shape index (κ2) is 6.54. The lowest BCUT2D eigenvalue weighted by molar-refractivity contribution is 0.313. The van der Waals surface area contributed by atoms with E-state index in [1.165, 1.54) is 11.1 Å². The standard InChI is InChI=1S/C14H23NO/c1-4-8-16-14-7-6-12(5-2)10-13(14)9-11(3)15/h6-7,10-11H,4-5,8-9,15H2,1-3H3. The van der Waals surface area contributed by atoms with Gasteiger partial charge in [0.25, 0.3) is 0 Å². The molecular weight excluding hydrogens is 198 g/mol. The fraction of sp³-hybridized carbons (Fsp3) is 0.571. The highest BCUT2D eigenvalue weighted by Gasteiger charge is 2.07. The van der Waals surface area contributed by atoms with Crippen molar-refractivity contribution in [1.82, 2.24) is 0 Å². The average molecular weight is 221 g/mol. The molecule has 1 aromatic carbocycles. The van der Waals surface area contributed by atoms with Crippen molar-refractivity contribution in [2.75, 3.05) is 6.61 Å². The van der Waals surface area contributed by atoms with Crippen molar-refractivity contribution in [3.63, 3.8) is 0 Å². The molecule has 0 saturated carbocycles. The summed E-state index contributed by atoms with van der Waals surface area (Å²) < 4.78 is 5.73. The molecule has 2 N–H and O–H groups in total. The Balaban J connectivity index is 2.87. The number of hydrogen-bond acceptors (Lipinski definition) is 2. The van der Waals surface area contributed by atoms with Crippen LogP contribution in [0.5, 0.6) is 5.75 Å². The molecule has 1 unspecified atom stereocenters. The molecule has 1 rings (SSSR count). The number of aryl methyl sites for hydroxylation is 1. The van der Waals surface area contributed by atoms with Crippen molar-refractivity contribution in [3.05, 3.63) is 29.3 Å². The van der Waals surface area contributed by atoms with E-state index in [2.05, 4.69) is 32.0 Å². The molecule has 0 aliphatic carbocycles. The van der Waals surface area contributed by atoms with E-state index in [-0.39, 0.29) is 6.04 Å². The van der Waals surface area contributed by atoms with Crippen LogP contribution in [-0.2, 0) is 12.8 Å². The molecule has 2 nitrogen and oxygen atoms in total. The van der Waals surface area contributed by atoms with Gasteiger partial charge in [0.05, 0.1) is 6.61 Å². The van der Waals surface area contributed by atoms with Crippen LogP contribution in [0.1, 0.15) is 38.3 Å². The first-order chi connectivity index (χ1) is 7.67. The lowest BCUT2D eigenvalue weighted by atomic mass is 10.0. The van der Waals surface area contributed by atoms with Gasteiger partial charge in [0, 0.05) is 6.04 Å².